The normalized spacial score (nSPS) is 11.1. The molecule has 0 bridgehead atoms. The van der Waals surface area contributed by atoms with Crippen molar-refractivity contribution >= 4 is 17.5 Å². The number of halogens is 3. The lowest BCUT2D eigenvalue weighted by atomic mass is 10.1. The lowest BCUT2D eigenvalue weighted by molar-refractivity contribution is -0.192. The van der Waals surface area contributed by atoms with Crippen LogP contribution in [0.3, 0.4) is 0 Å². The molecule has 0 saturated heterocycles. The van der Waals surface area contributed by atoms with Crippen molar-refractivity contribution in [1.29, 1.82) is 0 Å². The fraction of sp³-hybridized carbons (Fsp3) is 0.130. The van der Waals surface area contributed by atoms with Gasteiger partial charge in [0.1, 0.15) is 29.9 Å². The molecular formula is C23H19F3N8O3. The number of aryl methyl sites for hydroxylation is 2. The number of pyridine rings is 1. The van der Waals surface area contributed by atoms with E-state index in [0.717, 1.165) is 39.6 Å². The molecule has 0 radical (unpaired) electrons. The number of alkyl halides is 3. The Labute approximate surface area is 207 Å². The summed E-state index contributed by atoms with van der Waals surface area (Å²) >= 11 is 0. The highest BCUT2D eigenvalue weighted by Crippen LogP contribution is 2.32. The summed E-state index contributed by atoms with van der Waals surface area (Å²) in [6, 6.07) is 11.7. The first-order chi connectivity index (χ1) is 17.6. The van der Waals surface area contributed by atoms with Crippen LogP contribution in [0.25, 0.3) is 28.1 Å². The SMILES string of the molecule is Cc1ncn(-c2ccc(Nc3cc(-c4nocc4-c4cnn(C)c4)ccn3)cc2)n1.O=C(O)C(F)(F)F. The van der Waals surface area contributed by atoms with E-state index in [4.69, 9.17) is 14.4 Å². The van der Waals surface area contributed by atoms with Gasteiger partial charge in [-0.25, -0.2) is 19.4 Å². The van der Waals surface area contributed by atoms with Crippen LogP contribution >= 0.6 is 0 Å². The zero-order valence-electron chi connectivity index (χ0n) is 19.4. The minimum absolute atomic E-state index is 0.706. The Hall–Kier alpha value is -5.01. The molecular weight excluding hydrogens is 493 g/mol. The van der Waals surface area contributed by atoms with E-state index in [9.17, 15) is 13.2 Å². The van der Waals surface area contributed by atoms with Gasteiger partial charge in [-0.3, -0.25) is 4.68 Å². The van der Waals surface area contributed by atoms with Gasteiger partial charge in [-0.2, -0.15) is 23.4 Å². The van der Waals surface area contributed by atoms with Gasteiger partial charge < -0.3 is 14.9 Å². The molecule has 5 rings (SSSR count). The summed E-state index contributed by atoms with van der Waals surface area (Å²) in [6.45, 7) is 1.86. The van der Waals surface area contributed by atoms with Gasteiger partial charge in [-0.1, -0.05) is 5.16 Å². The zero-order valence-corrected chi connectivity index (χ0v) is 19.4. The molecule has 0 aliphatic heterocycles. The number of rotatable bonds is 5. The van der Waals surface area contributed by atoms with Crippen LogP contribution < -0.4 is 5.32 Å². The van der Waals surface area contributed by atoms with Gasteiger partial charge in [0.05, 0.1) is 17.4 Å². The third-order valence-corrected chi connectivity index (χ3v) is 4.87. The average molecular weight is 512 g/mol. The molecule has 0 spiro atoms. The summed E-state index contributed by atoms with van der Waals surface area (Å²) in [6.07, 6.45) is 3.69. The fourth-order valence-electron chi connectivity index (χ4n) is 3.17. The molecule has 0 saturated carbocycles. The van der Waals surface area contributed by atoms with Crippen molar-refractivity contribution in [3.8, 4) is 28.1 Å². The number of carboxylic acid groups (broad SMARTS) is 1. The van der Waals surface area contributed by atoms with Crippen molar-refractivity contribution in [1.82, 2.24) is 34.7 Å². The number of aromatic nitrogens is 7. The Balaban J connectivity index is 0.000000405. The van der Waals surface area contributed by atoms with Gasteiger partial charge in [-0.05, 0) is 43.3 Å². The van der Waals surface area contributed by atoms with E-state index in [1.54, 1.807) is 34.3 Å². The topological polar surface area (TPSA) is 137 Å². The maximum Gasteiger partial charge on any atom is 0.490 e. The molecule has 0 amide bonds. The predicted molar refractivity (Wildman–Crippen MR) is 125 cm³/mol. The quantitative estimate of drug-likeness (QED) is 0.351. The van der Waals surface area contributed by atoms with Crippen LogP contribution in [0.15, 0.2) is 72.1 Å². The molecule has 4 aromatic heterocycles. The molecule has 0 unspecified atom stereocenters. The summed E-state index contributed by atoms with van der Waals surface area (Å²) < 4.78 is 40.5. The predicted octanol–water partition coefficient (Wildman–Crippen LogP) is 4.40. The van der Waals surface area contributed by atoms with Crippen molar-refractivity contribution in [2.45, 2.75) is 13.1 Å². The highest BCUT2D eigenvalue weighted by molar-refractivity contribution is 5.80. The van der Waals surface area contributed by atoms with Crippen molar-refractivity contribution in [2.75, 3.05) is 5.32 Å². The van der Waals surface area contributed by atoms with E-state index < -0.39 is 12.1 Å². The third-order valence-electron chi connectivity index (χ3n) is 4.87. The molecule has 11 nitrogen and oxygen atoms in total. The molecule has 190 valence electrons. The van der Waals surface area contributed by atoms with Gasteiger partial charge in [0, 0.05) is 36.3 Å². The highest BCUT2D eigenvalue weighted by Gasteiger charge is 2.38. The van der Waals surface area contributed by atoms with Crippen LogP contribution in [0.5, 0.6) is 0 Å². The summed E-state index contributed by atoms with van der Waals surface area (Å²) in [5, 5.41) is 23.2. The molecule has 4 heterocycles. The fourth-order valence-corrected chi connectivity index (χ4v) is 3.17. The Morgan fingerprint density at radius 2 is 1.84 bits per heavy atom. The first kappa shape index (κ1) is 25.1. The number of carbonyl (C=O) groups is 1. The van der Waals surface area contributed by atoms with Gasteiger partial charge in [-0.15, -0.1) is 0 Å². The highest BCUT2D eigenvalue weighted by atomic mass is 19.4. The van der Waals surface area contributed by atoms with Crippen LogP contribution in [0, 0.1) is 6.92 Å². The summed E-state index contributed by atoms with van der Waals surface area (Å²) in [5.41, 5.74) is 5.31. The Morgan fingerprint density at radius 1 is 1.11 bits per heavy atom. The summed E-state index contributed by atoms with van der Waals surface area (Å²) in [7, 11) is 1.88. The second kappa shape index (κ2) is 10.3. The largest absolute Gasteiger partial charge is 0.490 e. The molecule has 0 atom stereocenters. The van der Waals surface area contributed by atoms with Crippen LogP contribution in [-0.2, 0) is 11.8 Å². The first-order valence-electron chi connectivity index (χ1n) is 10.6. The van der Waals surface area contributed by atoms with E-state index in [2.05, 4.69) is 30.6 Å². The number of anilines is 2. The average Bonchev–Trinajstić information content (AvgIpc) is 3.60. The summed E-state index contributed by atoms with van der Waals surface area (Å²) in [5.74, 6) is -1.32. The molecule has 37 heavy (non-hydrogen) atoms. The van der Waals surface area contributed by atoms with E-state index in [-0.39, 0.29) is 0 Å². The van der Waals surface area contributed by atoms with Gasteiger partial charge in [0.2, 0.25) is 0 Å². The van der Waals surface area contributed by atoms with E-state index in [1.807, 2.05) is 56.6 Å². The third kappa shape index (κ3) is 6.17. The number of hydrogen-bond acceptors (Lipinski definition) is 8. The van der Waals surface area contributed by atoms with E-state index >= 15 is 0 Å². The minimum Gasteiger partial charge on any atom is -0.475 e. The van der Waals surface area contributed by atoms with Gasteiger partial charge in [0.25, 0.3) is 0 Å². The zero-order chi connectivity index (χ0) is 26.6. The lowest BCUT2D eigenvalue weighted by Gasteiger charge is -2.08. The lowest BCUT2D eigenvalue weighted by Crippen LogP contribution is -2.21. The minimum atomic E-state index is -5.08. The van der Waals surface area contributed by atoms with Gasteiger partial charge >= 0.3 is 12.1 Å². The van der Waals surface area contributed by atoms with Crippen LogP contribution in [0.2, 0.25) is 0 Å². The van der Waals surface area contributed by atoms with Crippen molar-refractivity contribution in [3.63, 3.8) is 0 Å². The number of nitrogens with zero attached hydrogens (tertiary/aromatic N) is 7. The molecule has 0 aliphatic rings. The van der Waals surface area contributed by atoms with Crippen LogP contribution in [-0.4, -0.2) is 51.9 Å². The maximum absolute atomic E-state index is 10.6. The smallest absolute Gasteiger partial charge is 0.475 e. The van der Waals surface area contributed by atoms with Crippen molar-refractivity contribution in [3.05, 3.63) is 73.4 Å². The molecule has 14 heteroatoms. The monoisotopic (exact) mass is 512 g/mol. The number of aliphatic carboxylic acids is 1. The second-order valence-electron chi connectivity index (χ2n) is 7.62. The van der Waals surface area contributed by atoms with Crippen molar-refractivity contribution < 1.29 is 27.6 Å². The van der Waals surface area contributed by atoms with Crippen LogP contribution in [0.4, 0.5) is 24.7 Å². The van der Waals surface area contributed by atoms with Crippen LogP contribution in [0.1, 0.15) is 5.82 Å². The Morgan fingerprint density at radius 3 is 2.43 bits per heavy atom. The summed E-state index contributed by atoms with van der Waals surface area (Å²) in [4.78, 5) is 17.5. The standard InChI is InChI=1S/C21H18N8O.C2HF3O2/c1-14-23-13-29(26-14)18-5-3-17(4-6-18)25-20-9-15(7-8-22-20)21-19(12-30-27-21)16-10-24-28(2)11-16;3-2(4,5)1(6)7/h3-13H,1-2H3,(H,22,25);(H,6,7). The Kier molecular flexibility index (Phi) is 6.99. The second-order valence-corrected chi connectivity index (χ2v) is 7.62. The number of benzene rings is 1. The van der Waals surface area contributed by atoms with Gasteiger partial charge in [0.15, 0.2) is 0 Å². The number of hydrogen-bond donors (Lipinski definition) is 2. The molecule has 0 aliphatic carbocycles. The first-order valence-corrected chi connectivity index (χ1v) is 10.6. The molecule has 1 aromatic carbocycles. The Bertz CT molecular complexity index is 1510. The van der Waals surface area contributed by atoms with Crippen molar-refractivity contribution in [2.24, 2.45) is 7.05 Å². The molecule has 0 fully saturated rings. The number of nitrogens with one attached hydrogen (secondary N) is 1. The van der Waals surface area contributed by atoms with E-state index in [0.29, 0.717) is 5.82 Å². The maximum atomic E-state index is 10.6. The van der Waals surface area contributed by atoms with E-state index in [1.165, 1.54) is 0 Å². The molecule has 2 N–H and O–H groups in total. The molecule has 5 aromatic rings. The number of carboxylic acids is 1.